The largest absolute Gasteiger partial charge is 0.458 e. The van der Waals surface area contributed by atoms with Crippen molar-refractivity contribution in [1.29, 1.82) is 0 Å². The number of amides is 3. The zero-order chi connectivity index (χ0) is 24.2. The number of unbranched alkanes of at least 4 members (excludes halogenated alkanes) is 1. The SMILES string of the molecule is CNC(=O)[C@@](N)(CCCCNC(=O)CNC(=O)OCc1ccccc1)C(=O)OC(C)(C)C. The van der Waals surface area contributed by atoms with E-state index >= 15 is 0 Å². The Bertz CT molecular complexity index is 778. The fraction of sp³-hybridized carbons (Fsp3) is 0.545. The van der Waals surface area contributed by atoms with Crippen molar-refractivity contribution in [2.75, 3.05) is 20.1 Å². The summed E-state index contributed by atoms with van der Waals surface area (Å²) in [5.74, 6) is -1.82. The molecule has 10 nitrogen and oxygen atoms in total. The van der Waals surface area contributed by atoms with Gasteiger partial charge in [-0.15, -0.1) is 0 Å². The average molecular weight is 451 g/mol. The molecule has 0 saturated heterocycles. The highest BCUT2D eigenvalue weighted by Crippen LogP contribution is 2.18. The molecule has 3 amide bonds. The zero-order valence-electron chi connectivity index (χ0n) is 19.2. The van der Waals surface area contributed by atoms with Gasteiger partial charge in [-0.2, -0.15) is 0 Å². The third-order valence-electron chi connectivity index (χ3n) is 4.32. The molecule has 0 aliphatic carbocycles. The van der Waals surface area contributed by atoms with Crippen LogP contribution in [0.1, 0.15) is 45.6 Å². The average Bonchev–Trinajstić information content (AvgIpc) is 2.74. The highest BCUT2D eigenvalue weighted by Gasteiger charge is 2.44. The number of rotatable bonds is 11. The number of alkyl carbamates (subject to hydrolysis) is 1. The second-order valence-electron chi connectivity index (χ2n) is 8.27. The van der Waals surface area contributed by atoms with E-state index in [4.69, 9.17) is 15.2 Å². The van der Waals surface area contributed by atoms with Crippen LogP contribution in [0.5, 0.6) is 0 Å². The number of nitrogens with two attached hydrogens (primary N) is 1. The maximum absolute atomic E-state index is 12.4. The molecule has 0 aliphatic heterocycles. The van der Waals surface area contributed by atoms with E-state index in [-0.39, 0.29) is 32.0 Å². The van der Waals surface area contributed by atoms with Crippen molar-refractivity contribution in [3.8, 4) is 0 Å². The molecule has 0 aromatic heterocycles. The number of likely N-dealkylation sites (N-methyl/N-ethyl adjacent to an activating group) is 1. The van der Waals surface area contributed by atoms with E-state index in [1.165, 1.54) is 7.05 Å². The Kier molecular flexibility index (Phi) is 10.6. The van der Waals surface area contributed by atoms with Gasteiger partial charge in [0.1, 0.15) is 12.2 Å². The first-order chi connectivity index (χ1) is 15.0. The number of carbonyl (C=O) groups excluding carboxylic acids is 4. The number of carbonyl (C=O) groups is 4. The summed E-state index contributed by atoms with van der Waals surface area (Å²) < 4.78 is 10.3. The molecule has 32 heavy (non-hydrogen) atoms. The number of nitrogens with one attached hydrogen (secondary N) is 3. The summed E-state index contributed by atoms with van der Waals surface area (Å²) in [6, 6.07) is 9.17. The Balaban J connectivity index is 2.31. The molecule has 0 bridgehead atoms. The molecule has 0 unspecified atom stereocenters. The lowest BCUT2D eigenvalue weighted by Gasteiger charge is -2.29. The first-order valence-electron chi connectivity index (χ1n) is 10.4. The second-order valence-corrected chi connectivity index (χ2v) is 8.27. The second kappa shape index (κ2) is 12.7. The van der Waals surface area contributed by atoms with Gasteiger partial charge in [-0.25, -0.2) is 9.59 Å². The molecular formula is C22H34N4O6. The van der Waals surface area contributed by atoms with Crippen LogP contribution in [0, 0.1) is 0 Å². The van der Waals surface area contributed by atoms with E-state index in [2.05, 4.69) is 16.0 Å². The molecule has 0 spiro atoms. The van der Waals surface area contributed by atoms with Gasteiger partial charge in [-0.1, -0.05) is 30.3 Å². The van der Waals surface area contributed by atoms with Crippen LogP contribution in [0.15, 0.2) is 30.3 Å². The van der Waals surface area contributed by atoms with Crippen LogP contribution in [0.4, 0.5) is 4.79 Å². The highest BCUT2D eigenvalue weighted by molar-refractivity contribution is 6.07. The van der Waals surface area contributed by atoms with Crippen LogP contribution < -0.4 is 21.7 Å². The topological polar surface area (TPSA) is 149 Å². The third kappa shape index (κ3) is 9.78. The monoisotopic (exact) mass is 450 g/mol. The van der Waals surface area contributed by atoms with E-state index in [0.29, 0.717) is 12.8 Å². The number of ether oxygens (including phenoxy) is 2. The quantitative estimate of drug-likeness (QED) is 0.223. The summed E-state index contributed by atoms with van der Waals surface area (Å²) in [7, 11) is 1.40. The van der Waals surface area contributed by atoms with Crippen molar-refractivity contribution >= 4 is 23.9 Å². The summed E-state index contributed by atoms with van der Waals surface area (Å²) >= 11 is 0. The molecule has 1 aromatic carbocycles. The molecule has 0 aliphatic rings. The predicted molar refractivity (Wildman–Crippen MR) is 118 cm³/mol. The zero-order valence-corrected chi connectivity index (χ0v) is 19.2. The van der Waals surface area contributed by atoms with Crippen LogP contribution in [0.2, 0.25) is 0 Å². The molecule has 0 saturated carbocycles. The van der Waals surface area contributed by atoms with Gasteiger partial charge in [0.25, 0.3) is 5.91 Å². The van der Waals surface area contributed by atoms with Crippen molar-refractivity contribution in [3.63, 3.8) is 0 Å². The van der Waals surface area contributed by atoms with E-state index in [1.807, 2.05) is 30.3 Å². The Morgan fingerprint density at radius 1 is 1.00 bits per heavy atom. The van der Waals surface area contributed by atoms with Crippen molar-refractivity contribution in [3.05, 3.63) is 35.9 Å². The molecule has 1 aromatic rings. The van der Waals surface area contributed by atoms with Crippen LogP contribution in [0.3, 0.4) is 0 Å². The minimum absolute atomic E-state index is 0.0571. The van der Waals surface area contributed by atoms with Crippen molar-refractivity contribution in [1.82, 2.24) is 16.0 Å². The Hall–Kier alpha value is -3.14. The van der Waals surface area contributed by atoms with Crippen LogP contribution in [-0.4, -0.2) is 55.2 Å². The van der Waals surface area contributed by atoms with Gasteiger partial charge in [0, 0.05) is 13.6 Å². The summed E-state index contributed by atoms with van der Waals surface area (Å²) in [6.07, 6.45) is 0.236. The van der Waals surface area contributed by atoms with Crippen molar-refractivity contribution in [2.24, 2.45) is 5.73 Å². The normalized spacial score (nSPS) is 12.8. The fourth-order valence-electron chi connectivity index (χ4n) is 2.65. The number of esters is 1. The van der Waals surface area contributed by atoms with E-state index in [1.54, 1.807) is 20.8 Å². The molecule has 0 heterocycles. The molecule has 0 fully saturated rings. The first-order valence-corrected chi connectivity index (χ1v) is 10.4. The maximum atomic E-state index is 12.4. The smallest absolute Gasteiger partial charge is 0.407 e. The van der Waals surface area contributed by atoms with Gasteiger partial charge in [0.2, 0.25) is 5.91 Å². The van der Waals surface area contributed by atoms with Gasteiger partial charge < -0.3 is 31.2 Å². The summed E-state index contributed by atoms with van der Waals surface area (Å²) in [5, 5.41) is 7.40. The minimum atomic E-state index is -1.81. The maximum Gasteiger partial charge on any atom is 0.407 e. The molecule has 1 atom stereocenters. The molecule has 1 rings (SSSR count). The molecule has 178 valence electrons. The Morgan fingerprint density at radius 3 is 2.25 bits per heavy atom. The lowest BCUT2D eigenvalue weighted by molar-refractivity contribution is -0.164. The molecular weight excluding hydrogens is 416 g/mol. The lowest BCUT2D eigenvalue weighted by Crippen LogP contribution is -2.60. The Labute approximate surface area is 188 Å². The first kappa shape index (κ1) is 26.9. The number of benzene rings is 1. The predicted octanol–water partition coefficient (Wildman–Crippen LogP) is 0.985. The van der Waals surface area contributed by atoms with Gasteiger partial charge in [0.05, 0.1) is 6.54 Å². The molecule has 0 radical (unpaired) electrons. The van der Waals surface area contributed by atoms with Gasteiger partial charge in [-0.3, -0.25) is 9.59 Å². The number of hydrogen-bond donors (Lipinski definition) is 4. The van der Waals surface area contributed by atoms with E-state index < -0.39 is 29.1 Å². The summed E-state index contributed by atoms with van der Waals surface area (Å²) in [4.78, 5) is 48.1. The van der Waals surface area contributed by atoms with Crippen LogP contribution in [-0.2, 0) is 30.5 Å². The van der Waals surface area contributed by atoms with Crippen LogP contribution >= 0.6 is 0 Å². The number of hydrogen-bond acceptors (Lipinski definition) is 7. The van der Waals surface area contributed by atoms with Gasteiger partial charge >= 0.3 is 12.1 Å². The summed E-state index contributed by atoms with van der Waals surface area (Å²) in [5.41, 5.74) is 4.31. The van der Waals surface area contributed by atoms with Crippen LogP contribution in [0.25, 0.3) is 0 Å². The van der Waals surface area contributed by atoms with Gasteiger partial charge in [0.15, 0.2) is 5.54 Å². The van der Waals surface area contributed by atoms with E-state index in [0.717, 1.165) is 5.56 Å². The Morgan fingerprint density at radius 2 is 1.66 bits per heavy atom. The standard InChI is InChI=1S/C22H34N4O6/c1-21(2,3)32-19(29)22(23,18(28)24-4)12-8-9-13-25-17(27)14-26-20(30)31-15-16-10-6-5-7-11-16/h5-7,10-11H,8-9,12-15,23H2,1-4H3,(H,24,28)(H,25,27)(H,26,30)/t22-/m0/s1. The van der Waals surface area contributed by atoms with Crippen molar-refractivity contribution < 1.29 is 28.7 Å². The molecule has 10 heteroatoms. The lowest BCUT2D eigenvalue weighted by atomic mass is 9.92. The third-order valence-corrected chi connectivity index (χ3v) is 4.32. The minimum Gasteiger partial charge on any atom is -0.458 e. The molecule has 5 N–H and O–H groups in total. The van der Waals surface area contributed by atoms with Gasteiger partial charge in [-0.05, 0) is 45.6 Å². The fourth-order valence-corrected chi connectivity index (χ4v) is 2.65. The summed E-state index contributed by atoms with van der Waals surface area (Å²) in [6.45, 7) is 5.24. The highest BCUT2D eigenvalue weighted by atomic mass is 16.6. The van der Waals surface area contributed by atoms with Crippen molar-refractivity contribution in [2.45, 2.75) is 57.8 Å². The van der Waals surface area contributed by atoms with E-state index in [9.17, 15) is 19.2 Å².